The van der Waals surface area contributed by atoms with Gasteiger partial charge in [0.25, 0.3) is 0 Å². The number of ether oxygens (including phenoxy) is 1. The number of benzene rings is 1. The van der Waals surface area contributed by atoms with Crippen LogP contribution in [-0.4, -0.2) is 32.1 Å². The molecular formula is C21H36O4Si. The van der Waals surface area contributed by atoms with Crippen LogP contribution in [0.3, 0.4) is 0 Å². The van der Waals surface area contributed by atoms with Crippen LogP contribution in [0.1, 0.15) is 52.5 Å². The molecule has 0 amide bonds. The van der Waals surface area contributed by atoms with Crippen molar-refractivity contribution in [3.63, 3.8) is 0 Å². The van der Waals surface area contributed by atoms with Gasteiger partial charge in [-0.05, 0) is 30.1 Å². The molecule has 1 N–H and O–H groups in total. The van der Waals surface area contributed by atoms with Crippen LogP contribution >= 0.6 is 0 Å². The lowest BCUT2D eigenvalue weighted by molar-refractivity contribution is -0.155. The van der Waals surface area contributed by atoms with Crippen molar-refractivity contribution < 1.29 is 19.1 Å². The molecule has 0 aliphatic carbocycles. The molecule has 0 saturated heterocycles. The first-order valence-corrected chi connectivity index (χ1v) is 12.5. The number of aliphatic hydroxyl groups is 1. The zero-order valence-corrected chi connectivity index (χ0v) is 18.2. The molecule has 0 aliphatic heterocycles. The van der Waals surface area contributed by atoms with Gasteiger partial charge in [-0.3, -0.25) is 4.79 Å². The Hall–Kier alpha value is -1.17. The fourth-order valence-electron chi connectivity index (χ4n) is 2.52. The Morgan fingerprint density at radius 2 is 1.81 bits per heavy atom. The van der Waals surface area contributed by atoms with Crippen molar-refractivity contribution in [2.45, 2.75) is 77.8 Å². The molecule has 0 aromatic heterocycles. The van der Waals surface area contributed by atoms with Gasteiger partial charge in [-0.1, -0.05) is 70.9 Å². The van der Waals surface area contributed by atoms with E-state index in [1.54, 1.807) is 0 Å². The highest BCUT2D eigenvalue weighted by Crippen LogP contribution is 2.38. The molecule has 1 aromatic rings. The van der Waals surface area contributed by atoms with E-state index >= 15 is 0 Å². The molecule has 4 nitrogen and oxygen atoms in total. The van der Waals surface area contributed by atoms with E-state index in [0.717, 1.165) is 18.4 Å². The number of carbonyl (C=O) groups excluding carboxylic acids is 1. The number of unbranched alkanes of at least 4 members (excludes halogenated alkanes) is 1. The van der Waals surface area contributed by atoms with Crippen LogP contribution in [-0.2, 0) is 20.6 Å². The lowest BCUT2D eigenvalue weighted by Gasteiger charge is -2.40. The zero-order chi connectivity index (χ0) is 19.8. The highest BCUT2D eigenvalue weighted by atomic mass is 28.4. The predicted molar refractivity (Wildman–Crippen MR) is 108 cm³/mol. The number of esters is 1. The van der Waals surface area contributed by atoms with E-state index in [4.69, 9.17) is 9.16 Å². The van der Waals surface area contributed by atoms with Crippen LogP contribution in [0.25, 0.3) is 0 Å². The Morgan fingerprint density at radius 3 is 2.31 bits per heavy atom. The van der Waals surface area contributed by atoms with Crippen LogP contribution < -0.4 is 0 Å². The first kappa shape index (κ1) is 22.9. The van der Waals surface area contributed by atoms with Crippen molar-refractivity contribution >= 4 is 14.3 Å². The molecule has 148 valence electrons. The SMILES string of the molecule is CCCC[C@@H](C(=O)OCc1ccccc1)[C@H](CO)O[Si](C)(C)C(C)(C)C. The molecule has 1 aromatic carbocycles. The quantitative estimate of drug-likeness (QED) is 0.462. The molecule has 2 atom stereocenters. The molecule has 0 unspecified atom stereocenters. The van der Waals surface area contributed by atoms with Gasteiger partial charge in [0, 0.05) is 0 Å². The highest BCUT2D eigenvalue weighted by Gasteiger charge is 2.42. The van der Waals surface area contributed by atoms with Crippen LogP contribution in [0.5, 0.6) is 0 Å². The summed E-state index contributed by atoms with van der Waals surface area (Å²) >= 11 is 0. The lowest BCUT2D eigenvalue weighted by Crippen LogP contribution is -2.48. The topological polar surface area (TPSA) is 55.8 Å². The number of carbonyl (C=O) groups is 1. The van der Waals surface area contributed by atoms with E-state index < -0.39 is 20.3 Å². The van der Waals surface area contributed by atoms with E-state index in [2.05, 4.69) is 40.8 Å². The Bertz CT molecular complexity index is 537. The van der Waals surface area contributed by atoms with Crippen molar-refractivity contribution in [1.29, 1.82) is 0 Å². The van der Waals surface area contributed by atoms with Gasteiger partial charge in [-0.25, -0.2) is 0 Å². The molecule has 1 rings (SSSR count). The third-order valence-corrected chi connectivity index (χ3v) is 9.78. The number of hydrogen-bond acceptors (Lipinski definition) is 4. The maximum Gasteiger partial charge on any atom is 0.311 e. The van der Waals surface area contributed by atoms with Gasteiger partial charge in [0.2, 0.25) is 0 Å². The third kappa shape index (κ3) is 6.86. The lowest BCUT2D eigenvalue weighted by atomic mass is 9.96. The largest absolute Gasteiger partial charge is 0.461 e. The minimum atomic E-state index is -2.09. The standard InChI is InChI=1S/C21H36O4Si/c1-7-8-14-18(19(15-22)25-26(5,6)21(2,3)4)20(23)24-16-17-12-10-9-11-13-17/h9-13,18-19,22H,7-8,14-16H2,1-6H3/t18-,19+/m1/s1. The minimum absolute atomic E-state index is 0.0175. The molecule has 0 spiro atoms. The Balaban J connectivity index is 2.85. The van der Waals surface area contributed by atoms with Crippen molar-refractivity contribution in [2.24, 2.45) is 5.92 Å². The fraction of sp³-hybridized carbons (Fsp3) is 0.667. The summed E-state index contributed by atoms with van der Waals surface area (Å²) in [5.74, 6) is -0.710. The highest BCUT2D eigenvalue weighted by molar-refractivity contribution is 6.74. The van der Waals surface area contributed by atoms with E-state index in [-0.39, 0.29) is 24.2 Å². The smallest absolute Gasteiger partial charge is 0.311 e. The van der Waals surface area contributed by atoms with Gasteiger partial charge in [0.1, 0.15) is 6.61 Å². The molecule has 26 heavy (non-hydrogen) atoms. The Kier molecular flexibility index (Phi) is 9.00. The second kappa shape index (κ2) is 10.2. The van der Waals surface area contributed by atoms with E-state index in [1.807, 2.05) is 30.3 Å². The monoisotopic (exact) mass is 380 g/mol. The van der Waals surface area contributed by atoms with Gasteiger partial charge >= 0.3 is 5.97 Å². The Labute approximate surface area is 160 Å². The average molecular weight is 381 g/mol. The minimum Gasteiger partial charge on any atom is -0.461 e. The summed E-state index contributed by atoms with van der Waals surface area (Å²) in [5.41, 5.74) is 0.959. The van der Waals surface area contributed by atoms with E-state index in [1.165, 1.54) is 0 Å². The van der Waals surface area contributed by atoms with Gasteiger partial charge in [0.05, 0.1) is 18.6 Å². The second-order valence-electron chi connectivity index (χ2n) is 8.44. The predicted octanol–water partition coefficient (Wildman–Crippen LogP) is 4.92. The number of aliphatic hydroxyl groups excluding tert-OH is 1. The maximum atomic E-state index is 12.8. The fourth-order valence-corrected chi connectivity index (χ4v) is 3.87. The van der Waals surface area contributed by atoms with Crippen molar-refractivity contribution in [2.75, 3.05) is 6.61 Å². The van der Waals surface area contributed by atoms with Crippen LogP contribution in [0.4, 0.5) is 0 Å². The summed E-state index contributed by atoms with van der Waals surface area (Å²) in [6.45, 7) is 12.9. The first-order chi connectivity index (χ1) is 12.1. The zero-order valence-electron chi connectivity index (χ0n) is 17.2. The summed E-state index contributed by atoms with van der Waals surface area (Å²) in [5, 5.41) is 9.97. The molecule has 0 radical (unpaired) electrons. The number of rotatable bonds is 10. The average Bonchev–Trinajstić information content (AvgIpc) is 2.58. The van der Waals surface area contributed by atoms with Crippen LogP contribution in [0, 0.1) is 5.92 Å². The van der Waals surface area contributed by atoms with Crippen molar-refractivity contribution in [3.05, 3.63) is 35.9 Å². The molecule has 0 fully saturated rings. The molecule has 5 heteroatoms. The molecule has 0 saturated carbocycles. The van der Waals surface area contributed by atoms with Crippen LogP contribution in [0.2, 0.25) is 18.1 Å². The van der Waals surface area contributed by atoms with Gasteiger partial charge in [0.15, 0.2) is 8.32 Å². The van der Waals surface area contributed by atoms with Crippen molar-refractivity contribution in [3.8, 4) is 0 Å². The number of hydrogen-bond donors (Lipinski definition) is 1. The summed E-state index contributed by atoms with van der Waals surface area (Å²) in [6, 6.07) is 9.65. The molecule has 0 heterocycles. The summed E-state index contributed by atoms with van der Waals surface area (Å²) in [6.07, 6.45) is 2.05. The van der Waals surface area contributed by atoms with Crippen molar-refractivity contribution in [1.82, 2.24) is 0 Å². The first-order valence-electron chi connectivity index (χ1n) is 9.61. The van der Waals surface area contributed by atoms with E-state index in [0.29, 0.717) is 6.42 Å². The van der Waals surface area contributed by atoms with Gasteiger partial charge in [-0.15, -0.1) is 0 Å². The molecule has 0 bridgehead atoms. The molecular weight excluding hydrogens is 344 g/mol. The van der Waals surface area contributed by atoms with E-state index in [9.17, 15) is 9.90 Å². The summed E-state index contributed by atoms with van der Waals surface area (Å²) < 4.78 is 11.9. The summed E-state index contributed by atoms with van der Waals surface area (Å²) in [4.78, 5) is 12.8. The summed E-state index contributed by atoms with van der Waals surface area (Å²) in [7, 11) is -2.09. The third-order valence-electron chi connectivity index (χ3n) is 5.28. The second-order valence-corrected chi connectivity index (χ2v) is 13.2. The molecule has 0 aliphatic rings. The maximum absolute atomic E-state index is 12.8. The van der Waals surface area contributed by atoms with Gasteiger partial charge in [-0.2, -0.15) is 0 Å². The normalized spacial score (nSPS) is 14.7. The van der Waals surface area contributed by atoms with Crippen LogP contribution in [0.15, 0.2) is 30.3 Å². The van der Waals surface area contributed by atoms with Gasteiger partial charge < -0.3 is 14.3 Å². The Morgan fingerprint density at radius 1 is 1.19 bits per heavy atom.